The molecule has 0 saturated carbocycles. The van der Waals surface area contributed by atoms with Crippen molar-refractivity contribution in [1.82, 2.24) is 24.9 Å². The van der Waals surface area contributed by atoms with E-state index in [0.717, 1.165) is 0 Å². The van der Waals surface area contributed by atoms with Gasteiger partial charge in [-0.15, -0.1) is 0 Å². The van der Waals surface area contributed by atoms with E-state index >= 15 is 0 Å². The van der Waals surface area contributed by atoms with Crippen LogP contribution >= 0.6 is 0 Å². The molecule has 0 radical (unpaired) electrons. The van der Waals surface area contributed by atoms with Gasteiger partial charge in [-0.1, -0.05) is 0 Å². The first kappa shape index (κ1) is 12.4. The van der Waals surface area contributed by atoms with Crippen molar-refractivity contribution in [1.29, 1.82) is 0 Å². The highest BCUT2D eigenvalue weighted by molar-refractivity contribution is 5.95. The van der Waals surface area contributed by atoms with E-state index in [1.165, 1.54) is 17.0 Å². The number of fused-ring (bicyclic) bond motifs is 1. The summed E-state index contributed by atoms with van der Waals surface area (Å²) in [7, 11) is 0. The molecule has 0 fully saturated rings. The first-order valence-corrected chi connectivity index (χ1v) is 5.53. The van der Waals surface area contributed by atoms with E-state index in [-0.39, 0.29) is 12.5 Å². The molecular weight excluding hydrogens is 234 g/mol. The quantitative estimate of drug-likeness (QED) is 0.794. The Balaban J connectivity index is 2.36. The highest BCUT2D eigenvalue weighted by Crippen LogP contribution is 2.09. The van der Waals surface area contributed by atoms with Gasteiger partial charge in [0, 0.05) is 6.20 Å². The van der Waals surface area contributed by atoms with Gasteiger partial charge in [0.15, 0.2) is 0 Å². The lowest BCUT2D eigenvalue weighted by Crippen LogP contribution is -2.46. The van der Waals surface area contributed by atoms with Crippen molar-refractivity contribution in [3.63, 3.8) is 0 Å². The number of nitrogens with one attached hydrogen (secondary N) is 1. The molecule has 96 valence electrons. The van der Waals surface area contributed by atoms with E-state index < -0.39 is 5.54 Å². The molecule has 7 heteroatoms. The van der Waals surface area contributed by atoms with Crippen molar-refractivity contribution in [2.45, 2.75) is 26.3 Å². The summed E-state index contributed by atoms with van der Waals surface area (Å²) in [5, 5.41) is 15.9. The van der Waals surface area contributed by atoms with Crippen LogP contribution in [0.4, 0.5) is 0 Å². The molecular formula is C11H15N5O2. The highest BCUT2D eigenvalue weighted by atomic mass is 16.3. The number of aryl methyl sites for hydroxylation is 1. The second-order valence-electron chi connectivity index (χ2n) is 4.73. The van der Waals surface area contributed by atoms with E-state index in [2.05, 4.69) is 20.4 Å². The normalized spacial score (nSPS) is 11.8. The van der Waals surface area contributed by atoms with Crippen LogP contribution in [0.25, 0.3) is 5.78 Å². The van der Waals surface area contributed by atoms with Crippen LogP contribution in [0.2, 0.25) is 0 Å². The molecule has 2 aromatic heterocycles. The van der Waals surface area contributed by atoms with Crippen molar-refractivity contribution >= 4 is 11.7 Å². The van der Waals surface area contributed by atoms with E-state index in [1.807, 2.05) is 0 Å². The molecule has 2 heterocycles. The Bertz CT molecular complexity index is 590. The maximum atomic E-state index is 12.1. The van der Waals surface area contributed by atoms with Gasteiger partial charge in [-0.25, -0.2) is 9.50 Å². The van der Waals surface area contributed by atoms with Gasteiger partial charge < -0.3 is 10.4 Å². The molecule has 2 aromatic rings. The van der Waals surface area contributed by atoms with E-state index in [9.17, 15) is 4.79 Å². The first-order valence-electron chi connectivity index (χ1n) is 5.53. The maximum Gasteiger partial charge on any atom is 0.255 e. The SMILES string of the molecule is Cc1c(C(=O)NC(C)(C)CO)cnc2ncnn12. The summed E-state index contributed by atoms with van der Waals surface area (Å²) < 4.78 is 1.50. The van der Waals surface area contributed by atoms with Gasteiger partial charge in [0.2, 0.25) is 0 Å². The molecule has 0 bridgehead atoms. The monoisotopic (exact) mass is 249 g/mol. The second-order valence-corrected chi connectivity index (χ2v) is 4.73. The molecule has 0 aromatic carbocycles. The van der Waals surface area contributed by atoms with Gasteiger partial charge in [0.25, 0.3) is 11.7 Å². The number of nitrogens with zero attached hydrogens (tertiary/aromatic N) is 4. The predicted octanol–water partition coefficient (Wildman–Crippen LogP) is -0.0666. The maximum absolute atomic E-state index is 12.1. The standard InChI is InChI=1S/C11H15N5O2/c1-7-8(9(18)15-11(2,3)5-17)4-12-10-13-6-14-16(7)10/h4,6,17H,5H2,1-3H3,(H,15,18). The fraction of sp³-hybridized carbons (Fsp3) is 0.455. The number of aliphatic hydroxyl groups is 1. The number of rotatable bonds is 3. The van der Waals surface area contributed by atoms with Gasteiger partial charge in [-0.2, -0.15) is 10.1 Å². The molecule has 2 rings (SSSR count). The van der Waals surface area contributed by atoms with Gasteiger partial charge in [-0.3, -0.25) is 4.79 Å². The number of aromatic nitrogens is 4. The minimum atomic E-state index is -0.680. The van der Waals surface area contributed by atoms with E-state index in [4.69, 9.17) is 5.11 Å². The van der Waals surface area contributed by atoms with Crippen molar-refractivity contribution in [2.75, 3.05) is 6.61 Å². The van der Waals surface area contributed by atoms with Crippen LogP contribution in [0.5, 0.6) is 0 Å². The number of hydrogen-bond donors (Lipinski definition) is 2. The minimum absolute atomic E-state index is 0.142. The zero-order chi connectivity index (χ0) is 13.3. The van der Waals surface area contributed by atoms with Crippen molar-refractivity contribution in [2.24, 2.45) is 0 Å². The zero-order valence-electron chi connectivity index (χ0n) is 10.5. The third-order valence-electron chi connectivity index (χ3n) is 2.64. The lowest BCUT2D eigenvalue weighted by atomic mass is 10.1. The number of hydrogen-bond acceptors (Lipinski definition) is 5. The summed E-state index contributed by atoms with van der Waals surface area (Å²) in [6, 6.07) is 0. The molecule has 1 amide bonds. The van der Waals surface area contributed by atoms with Gasteiger partial charge in [0.05, 0.1) is 23.4 Å². The van der Waals surface area contributed by atoms with Gasteiger partial charge >= 0.3 is 0 Å². The van der Waals surface area contributed by atoms with Crippen LogP contribution in [0.1, 0.15) is 29.9 Å². The molecule has 0 aliphatic rings. The highest BCUT2D eigenvalue weighted by Gasteiger charge is 2.22. The lowest BCUT2D eigenvalue weighted by Gasteiger charge is -2.23. The zero-order valence-corrected chi connectivity index (χ0v) is 10.5. The van der Waals surface area contributed by atoms with Crippen molar-refractivity contribution in [3.05, 3.63) is 23.8 Å². The number of carbonyl (C=O) groups excluding carboxylic acids is 1. The molecule has 2 N–H and O–H groups in total. The number of carbonyl (C=O) groups is 1. The molecule has 0 saturated heterocycles. The van der Waals surface area contributed by atoms with Crippen LogP contribution in [0.15, 0.2) is 12.5 Å². The summed E-state index contributed by atoms with van der Waals surface area (Å²) in [5.74, 6) is 0.155. The van der Waals surface area contributed by atoms with Crippen LogP contribution in [0, 0.1) is 6.92 Å². The topological polar surface area (TPSA) is 92.4 Å². The van der Waals surface area contributed by atoms with E-state index in [1.54, 1.807) is 20.8 Å². The summed E-state index contributed by atoms with van der Waals surface area (Å²) in [5.41, 5.74) is 0.388. The average Bonchev–Trinajstić information content (AvgIpc) is 2.77. The Morgan fingerprint density at radius 1 is 1.50 bits per heavy atom. The second kappa shape index (κ2) is 4.34. The Labute approximate surface area is 104 Å². The molecule has 0 unspecified atom stereocenters. The lowest BCUT2D eigenvalue weighted by molar-refractivity contribution is 0.0867. The fourth-order valence-corrected chi connectivity index (χ4v) is 1.53. The third-order valence-corrected chi connectivity index (χ3v) is 2.64. The minimum Gasteiger partial charge on any atom is -0.394 e. The third kappa shape index (κ3) is 2.17. The van der Waals surface area contributed by atoms with Gasteiger partial charge in [0.1, 0.15) is 6.33 Å². The Hall–Kier alpha value is -2.02. The molecule has 7 nitrogen and oxygen atoms in total. The summed E-state index contributed by atoms with van der Waals surface area (Å²) in [6.45, 7) is 5.10. The Kier molecular flexibility index (Phi) is 3.00. The van der Waals surface area contributed by atoms with Crippen LogP contribution < -0.4 is 5.32 Å². The largest absolute Gasteiger partial charge is 0.394 e. The first-order chi connectivity index (χ1) is 8.44. The summed E-state index contributed by atoms with van der Waals surface area (Å²) in [6.07, 6.45) is 2.84. The van der Waals surface area contributed by atoms with Crippen LogP contribution in [-0.4, -0.2) is 42.7 Å². The number of amides is 1. The smallest absolute Gasteiger partial charge is 0.255 e. The molecule has 0 aliphatic heterocycles. The Morgan fingerprint density at radius 3 is 2.89 bits per heavy atom. The molecule has 0 spiro atoms. The average molecular weight is 249 g/mol. The molecule has 0 aliphatic carbocycles. The van der Waals surface area contributed by atoms with Crippen molar-refractivity contribution in [3.8, 4) is 0 Å². The predicted molar refractivity (Wildman–Crippen MR) is 64.2 cm³/mol. The fourth-order valence-electron chi connectivity index (χ4n) is 1.53. The molecule has 18 heavy (non-hydrogen) atoms. The number of aliphatic hydroxyl groups excluding tert-OH is 1. The summed E-state index contributed by atoms with van der Waals surface area (Å²) in [4.78, 5) is 20.1. The van der Waals surface area contributed by atoms with E-state index in [0.29, 0.717) is 17.0 Å². The van der Waals surface area contributed by atoms with Crippen molar-refractivity contribution < 1.29 is 9.90 Å². The van der Waals surface area contributed by atoms with Gasteiger partial charge in [-0.05, 0) is 20.8 Å². The van der Waals surface area contributed by atoms with Crippen LogP contribution in [0.3, 0.4) is 0 Å². The molecule has 0 atom stereocenters. The summed E-state index contributed by atoms with van der Waals surface area (Å²) >= 11 is 0. The Morgan fingerprint density at radius 2 is 2.22 bits per heavy atom. The van der Waals surface area contributed by atoms with Crippen LogP contribution in [-0.2, 0) is 0 Å².